The number of carboxylic acid groups (broad SMARTS) is 1. The number of carboxylic acids is 1. The zero-order chi connectivity index (χ0) is 11.4. The molecule has 1 rings (SSSR count). The van der Waals surface area contributed by atoms with Gasteiger partial charge in [-0.15, -0.1) is 0 Å². The Morgan fingerprint density at radius 3 is 2.53 bits per heavy atom. The van der Waals surface area contributed by atoms with Gasteiger partial charge in [0.15, 0.2) is 0 Å². The second-order valence-corrected chi connectivity index (χ2v) is 4.07. The maximum Gasteiger partial charge on any atom is 0.326 e. The minimum atomic E-state index is -0.995. The normalized spacial score (nSPS) is 19.3. The lowest BCUT2D eigenvalue weighted by atomic mass is 10.1. The largest absolute Gasteiger partial charge is 0.480 e. The van der Waals surface area contributed by atoms with Crippen LogP contribution in [-0.2, 0) is 9.59 Å². The molecule has 5 heteroatoms. The summed E-state index contributed by atoms with van der Waals surface area (Å²) < 4.78 is 0. The predicted molar refractivity (Wildman–Crippen MR) is 55.2 cm³/mol. The number of amides is 1. The average molecular weight is 214 g/mol. The Morgan fingerprint density at radius 1 is 1.53 bits per heavy atom. The number of rotatable bonds is 6. The van der Waals surface area contributed by atoms with Crippen LogP contribution in [0.4, 0.5) is 0 Å². The highest BCUT2D eigenvalue weighted by atomic mass is 16.4. The summed E-state index contributed by atoms with van der Waals surface area (Å²) in [5, 5.41) is 11.2. The van der Waals surface area contributed by atoms with Crippen molar-refractivity contribution in [2.24, 2.45) is 11.7 Å². The van der Waals surface area contributed by atoms with Gasteiger partial charge >= 0.3 is 5.97 Å². The third-order valence-electron chi connectivity index (χ3n) is 2.69. The van der Waals surface area contributed by atoms with E-state index in [1.54, 1.807) is 6.92 Å². The highest BCUT2D eigenvalue weighted by Gasteiger charge is 2.30. The monoisotopic (exact) mass is 214 g/mol. The van der Waals surface area contributed by atoms with Gasteiger partial charge in [0.2, 0.25) is 5.91 Å². The molecule has 0 saturated heterocycles. The molecule has 0 spiro atoms. The molecule has 0 aromatic carbocycles. The van der Waals surface area contributed by atoms with Crippen molar-refractivity contribution < 1.29 is 14.7 Å². The van der Waals surface area contributed by atoms with Crippen LogP contribution >= 0.6 is 0 Å². The Balaban J connectivity index is 2.29. The van der Waals surface area contributed by atoms with Crippen LogP contribution < -0.4 is 11.1 Å². The molecular formula is C10H18N2O3. The summed E-state index contributed by atoms with van der Waals surface area (Å²) in [6.45, 7) is 1.72. The fourth-order valence-corrected chi connectivity index (χ4v) is 1.50. The summed E-state index contributed by atoms with van der Waals surface area (Å²) in [5.74, 6) is -0.796. The average Bonchev–Trinajstić information content (AvgIpc) is 2.96. The zero-order valence-corrected chi connectivity index (χ0v) is 8.90. The number of carbonyl (C=O) groups excluding carboxylic acids is 1. The van der Waals surface area contributed by atoms with Gasteiger partial charge in [0.25, 0.3) is 0 Å². The molecule has 86 valence electrons. The molecule has 4 N–H and O–H groups in total. The Bertz CT molecular complexity index is 251. The van der Waals surface area contributed by atoms with Crippen molar-refractivity contribution in [1.82, 2.24) is 5.32 Å². The van der Waals surface area contributed by atoms with Crippen molar-refractivity contribution in [2.45, 2.75) is 44.7 Å². The first kappa shape index (κ1) is 12.0. The summed E-state index contributed by atoms with van der Waals surface area (Å²) in [5.41, 5.74) is 5.76. The van der Waals surface area contributed by atoms with E-state index in [9.17, 15) is 9.59 Å². The summed E-state index contributed by atoms with van der Waals surface area (Å²) in [6, 6.07) is -0.903. The molecule has 1 amide bonds. The molecule has 0 radical (unpaired) electrons. The molecule has 0 aromatic heterocycles. The van der Waals surface area contributed by atoms with Gasteiger partial charge in [-0.25, -0.2) is 4.79 Å². The van der Waals surface area contributed by atoms with E-state index in [0.29, 0.717) is 12.3 Å². The van der Waals surface area contributed by atoms with Crippen LogP contribution in [0.1, 0.15) is 32.6 Å². The molecule has 1 fully saturated rings. The molecule has 15 heavy (non-hydrogen) atoms. The van der Waals surface area contributed by atoms with Crippen molar-refractivity contribution in [3.8, 4) is 0 Å². The number of aliphatic carboxylic acids is 1. The predicted octanol–water partition coefficient (Wildman–Crippen LogP) is 0.0932. The second kappa shape index (κ2) is 5.11. The first-order valence-corrected chi connectivity index (χ1v) is 5.32. The van der Waals surface area contributed by atoms with Gasteiger partial charge < -0.3 is 16.2 Å². The molecule has 1 aliphatic rings. The number of nitrogens with two attached hydrogens (primary N) is 1. The van der Waals surface area contributed by atoms with E-state index in [-0.39, 0.29) is 18.4 Å². The lowest BCUT2D eigenvalue weighted by molar-refractivity contribution is -0.142. The minimum absolute atomic E-state index is 0.115. The van der Waals surface area contributed by atoms with Crippen LogP contribution in [0.3, 0.4) is 0 Å². The van der Waals surface area contributed by atoms with Crippen molar-refractivity contribution in [3.63, 3.8) is 0 Å². The molecule has 2 atom stereocenters. The van der Waals surface area contributed by atoms with E-state index >= 15 is 0 Å². The van der Waals surface area contributed by atoms with Crippen LogP contribution in [0.15, 0.2) is 0 Å². The van der Waals surface area contributed by atoms with E-state index < -0.39 is 12.0 Å². The van der Waals surface area contributed by atoms with Crippen LogP contribution in [0, 0.1) is 5.92 Å². The lowest BCUT2D eigenvalue weighted by Gasteiger charge is -2.14. The first-order valence-electron chi connectivity index (χ1n) is 5.32. The minimum Gasteiger partial charge on any atom is -0.480 e. The number of carbonyl (C=O) groups is 2. The van der Waals surface area contributed by atoms with E-state index in [4.69, 9.17) is 10.8 Å². The SMILES string of the molecule is CC[C@H](NC(=O)CC(N)C1CC1)C(=O)O. The van der Waals surface area contributed by atoms with Crippen molar-refractivity contribution >= 4 is 11.9 Å². The fourth-order valence-electron chi connectivity index (χ4n) is 1.50. The van der Waals surface area contributed by atoms with Gasteiger partial charge in [0, 0.05) is 12.5 Å². The maximum atomic E-state index is 11.4. The summed E-state index contributed by atoms with van der Waals surface area (Å²) >= 11 is 0. The molecular weight excluding hydrogens is 196 g/mol. The van der Waals surface area contributed by atoms with Gasteiger partial charge in [0.1, 0.15) is 6.04 Å². The van der Waals surface area contributed by atoms with E-state index in [0.717, 1.165) is 12.8 Å². The standard InChI is InChI=1S/C10H18N2O3/c1-2-8(10(14)15)12-9(13)5-7(11)6-3-4-6/h6-8H,2-5,11H2,1H3,(H,12,13)(H,14,15)/t7?,8-/m0/s1. The zero-order valence-electron chi connectivity index (χ0n) is 8.90. The Hall–Kier alpha value is -1.10. The summed E-state index contributed by atoms with van der Waals surface area (Å²) in [6.07, 6.45) is 2.79. The number of hydrogen-bond acceptors (Lipinski definition) is 3. The first-order chi connectivity index (χ1) is 7.04. The third-order valence-corrected chi connectivity index (χ3v) is 2.69. The molecule has 0 bridgehead atoms. The van der Waals surface area contributed by atoms with Gasteiger partial charge in [-0.2, -0.15) is 0 Å². The number of nitrogens with one attached hydrogen (secondary N) is 1. The lowest BCUT2D eigenvalue weighted by Crippen LogP contribution is -2.42. The topological polar surface area (TPSA) is 92.4 Å². The van der Waals surface area contributed by atoms with Crippen LogP contribution in [0.25, 0.3) is 0 Å². The van der Waals surface area contributed by atoms with Crippen molar-refractivity contribution in [3.05, 3.63) is 0 Å². The van der Waals surface area contributed by atoms with E-state index in [1.165, 1.54) is 0 Å². The fraction of sp³-hybridized carbons (Fsp3) is 0.800. The third kappa shape index (κ3) is 3.87. The Labute approximate surface area is 89.0 Å². The van der Waals surface area contributed by atoms with Gasteiger partial charge in [-0.05, 0) is 25.2 Å². The van der Waals surface area contributed by atoms with Crippen molar-refractivity contribution in [2.75, 3.05) is 0 Å². The quantitative estimate of drug-likeness (QED) is 0.584. The Kier molecular flexibility index (Phi) is 4.08. The highest BCUT2D eigenvalue weighted by Crippen LogP contribution is 2.32. The van der Waals surface area contributed by atoms with Crippen LogP contribution in [0.2, 0.25) is 0 Å². The molecule has 5 nitrogen and oxygen atoms in total. The van der Waals surface area contributed by atoms with Gasteiger partial charge in [-0.3, -0.25) is 4.79 Å². The molecule has 1 saturated carbocycles. The van der Waals surface area contributed by atoms with E-state index in [1.807, 2.05) is 0 Å². The Morgan fingerprint density at radius 2 is 2.13 bits per heavy atom. The number of hydrogen-bond donors (Lipinski definition) is 3. The highest BCUT2D eigenvalue weighted by molar-refractivity contribution is 5.83. The van der Waals surface area contributed by atoms with Gasteiger partial charge in [-0.1, -0.05) is 6.92 Å². The molecule has 1 unspecified atom stereocenters. The molecule has 1 aliphatic carbocycles. The molecule has 0 aromatic rings. The van der Waals surface area contributed by atoms with Crippen LogP contribution in [-0.4, -0.2) is 29.1 Å². The molecule has 0 heterocycles. The van der Waals surface area contributed by atoms with E-state index in [2.05, 4.69) is 5.32 Å². The maximum absolute atomic E-state index is 11.4. The smallest absolute Gasteiger partial charge is 0.326 e. The second-order valence-electron chi connectivity index (χ2n) is 4.07. The van der Waals surface area contributed by atoms with Gasteiger partial charge in [0.05, 0.1) is 0 Å². The molecule has 0 aliphatic heterocycles. The summed E-state index contributed by atoms with van der Waals surface area (Å²) in [4.78, 5) is 22.1. The summed E-state index contributed by atoms with van der Waals surface area (Å²) in [7, 11) is 0. The van der Waals surface area contributed by atoms with Crippen molar-refractivity contribution in [1.29, 1.82) is 0 Å². The van der Waals surface area contributed by atoms with Crippen LogP contribution in [0.5, 0.6) is 0 Å².